The zero-order chi connectivity index (χ0) is 9.35. The lowest BCUT2D eigenvalue weighted by atomic mass is 10.1. The second kappa shape index (κ2) is 2.56. The van der Waals surface area contributed by atoms with Crippen LogP contribution in [0.25, 0.3) is 0 Å². The lowest BCUT2D eigenvalue weighted by molar-refractivity contribution is -0.122. The van der Waals surface area contributed by atoms with Crippen molar-refractivity contribution < 1.29 is 14.0 Å². The highest BCUT2D eigenvalue weighted by Gasteiger charge is 2.40. The van der Waals surface area contributed by atoms with E-state index in [0.29, 0.717) is 0 Å². The Labute approximate surface area is 67.8 Å². The third-order valence-electron chi connectivity index (χ3n) is 1.57. The van der Waals surface area contributed by atoms with E-state index < -0.39 is 23.3 Å². The van der Waals surface area contributed by atoms with Crippen LogP contribution in [-0.4, -0.2) is 17.5 Å². The molecule has 0 aromatic carbocycles. The third kappa shape index (κ3) is 1.16. The lowest BCUT2D eigenvalue weighted by Gasteiger charge is -2.28. The van der Waals surface area contributed by atoms with Crippen molar-refractivity contribution in [1.29, 1.82) is 0 Å². The van der Waals surface area contributed by atoms with Crippen molar-refractivity contribution in [3.8, 4) is 0 Å². The van der Waals surface area contributed by atoms with E-state index in [1.165, 1.54) is 0 Å². The zero-order valence-corrected chi connectivity index (χ0v) is 6.35. The largest absolute Gasteiger partial charge is 0.320 e. The molecule has 1 unspecified atom stereocenters. The standard InChI is InChI=1S/C6H8FN3O2/c1-3(11)6(8)4(7)2-9-5(12)10-6/h2H,8H2,1H3,(H2,9,10,12). The molecule has 0 radical (unpaired) electrons. The zero-order valence-electron chi connectivity index (χ0n) is 6.35. The van der Waals surface area contributed by atoms with Gasteiger partial charge in [0.15, 0.2) is 11.6 Å². The summed E-state index contributed by atoms with van der Waals surface area (Å²) in [4.78, 5) is 21.5. The maximum absolute atomic E-state index is 12.9. The first-order valence-electron chi connectivity index (χ1n) is 3.21. The van der Waals surface area contributed by atoms with Gasteiger partial charge in [-0.2, -0.15) is 0 Å². The van der Waals surface area contributed by atoms with E-state index in [2.05, 4.69) is 0 Å². The van der Waals surface area contributed by atoms with E-state index >= 15 is 0 Å². The first-order valence-corrected chi connectivity index (χ1v) is 3.21. The summed E-state index contributed by atoms with van der Waals surface area (Å²) in [6.45, 7) is 1.10. The highest BCUT2D eigenvalue weighted by Crippen LogP contribution is 2.15. The van der Waals surface area contributed by atoms with Gasteiger partial charge in [0, 0.05) is 6.20 Å². The van der Waals surface area contributed by atoms with Crippen LogP contribution in [0.4, 0.5) is 9.18 Å². The highest BCUT2D eigenvalue weighted by atomic mass is 19.1. The number of Topliss-reactive ketones (excluding diaryl/α,β-unsaturated/α-hetero) is 1. The molecule has 0 saturated carbocycles. The molecule has 1 atom stereocenters. The van der Waals surface area contributed by atoms with Crippen LogP contribution in [0, 0.1) is 0 Å². The predicted octanol–water partition coefficient (Wildman–Crippen LogP) is -0.646. The number of urea groups is 1. The summed E-state index contributed by atoms with van der Waals surface area (Å²) in [7, 11) is 0. The van der Waals surface area contributed by atoms with E-state index in [1.807, 2.05) is 10.6 Å². The lowest BCUT2D eigenvalue weighted by Crippen LogP contribution is -2.65. The monoisotopic (exact) mass is 173 g/mol. The normalized spacial score (nSPS) is 28.6. The number of hydrogen-bond acceptors (Lipinski definition) is 3. The average Bonchev–Trinajstić information content (AvgIpc) is 1.97. The SMILES string of the molecule is CC(=O)C1(N)NC(=O)NC=C1F. The predicted molar refractivity (Wildman–Crippen MR) is 38.5 cm³/mol. The summed E-state index contributed by atoms with van der Waals surface area (Å²) < 4.78 is 12.9. The molecule has 0 spiro atoms. The Hall–Kier alpha value is -1.43. The minimum atomic E-state index is -2.00. The molecule has 12 heavy (non-hydrogen) atoms. The Morgan fingerprint density at radius 3 is 2.75 bits per heavy atom. The smallest absolute Gasteiger partial charge is 0.312 e. The average molecular weight is 173 g/mol. The number of rotatable bonds is 1. The third-order valence-corrected chi connectivity index (χ3v) is 1.57. The molecule has 5 nitrogen and oxygen atoms in total. The Kier molecular flexibility index (Phi) is 1.85. The van der Waals surface area contributed by atoms with Crippen molar-refractivity contribution in [3.63, 3.8) is 0 Å². The number of hydrogen-bond donors (Lipinski definition) is 3. The van der Waals surface area contributed by atoms with E-state index in [0.717, 1.165) is 13.1 Å². The van der Waals surface area contributed by atoms with E-state index in [-0.39, 0.29) is 0 Å². The number of ketones is 1. The van der Waals surface area contributed by atoms with Crippen LogP contribution in [0.1, 0.15) is 6.92 Å². The molecule has 0 fully saturated rings. The van der Waals surface area contributed by atoms with Crippen LogP contribution < -0.4 is 16.4 Å². The highest BCUT2D eigenvalue weighted by molar-refractivity contribution is 5.94. The van der Waals surface area contributed by atoms with Gasteiger partial charge in [-0.3, -0.25) is 10.5 Å². The fourth-order valence-electron chi connectivity index (χ4n) is 0.774. The van der Waals surface area contributed by atoms with Gasteiger partial charge in [0.25, 0.3) is 0 Å². The second-order valence-corrected chi connectivity index (χ2v) is 2.45. The molecule has 1 aliphatic heterocycles. The Balaban J connectivity index is 3.03. The van der Waals surface area contributed by atoms with Crippen LogP contribution in [0.2, 0.25) is 0 Å². The minimum Gasteiger partial charge on any atom is -0.312 e. The van der Waals surface area contributed by atoms with E-state index in [1.54, 1.807) is 0 Å². The van der Waals surface area contributed by atoms with Gasteiger partial charge in [-0.1, -0.05) is 0 Å². The fourth-order valence-corrected chi connectivity index (χ4v) is 0.774. The number of halogens is 1. The van der Waals surface area contributed by atoms with E-state index in [4.69, 9.17) is 5.73 Å². The Bertz CT molecular complexity index is 276. The maximum Gasteiger partial charge on any atom is 0.320 e. The van der Waals surface area contributed by atoms with Crippen LogP contribution >= 0.6 is 0 Å². The molecule has 0 aromatic heterocycles. The van der Waals surface area contributed by atoms with Gasteiger partial charge in [0.2, 0.25) is 5.66 Å². The molecule has 1 heterocycles. The van der Waals surface area contributed by atoms with Gasteiger partial charge in [0.1, 0.15) is 0 Å². The quantitative estimate of drug-likeness (QED) is 0.492. The summed E-state index contributed by atoms with van der Waals surface area (Å²) in [5, 5.41) is 4.00. The van der Waals surface area contributed by atoms with Crippen molar-refractivity contribution >= 4 is 11.8 Å². The Morgan fingerprint density at radius 1 is 1.75 bits per heavy atom. The molecule has 2 amide bonds. The van der Waals surface area contributed by atoms with Crippen LogP contribution in [0.15, 0.2) is 12.0 Å². The maximum atomic E-state index is 12.9. The molecule has 0 aromatic rings. The summed E-state index contributed by atoms with van der Waals surface area (Å²) in [5.41, 5.74) is 3.27. The number of nitrogens with two attached hydrogens (primary N) is 1. The summed E-state index contributed by atoms with van der Waals surface area (Å²) in [6.07, 6.45) is 0.764. The number of amides is 2. The number of nitrogens with one attached hydrogen (secondary N) is 2. The van der Waals surface area contributed by atoms with Crippen LogP contribution in [0.5, 0.6) is 0 Å². The summed E-state index contributed by atoms with van der Waals surface area (Å²) in [6, 6.07) is -0.700. The summed E-state index contributed by atoms with van der Waals surface area (Å²) >= 11 is 0. The minimum absolute atomic E-state index is 0.661. The van der Waals surface area contributed by atoms with Gasteiger partial charge in [0.05, 0.1) is 0 Å². The van der Waals surface area contributed by atoms with Crippen molar-refractivity contribution in [1.82, 2.24) is 10.6 Å². The topological polar surface area (TPSA) is 84.2 Å². The van der Waals surface area contributed by atoms with Gasteiger partial charge in [-0.05, 0) is 6.92 Å². The number of carbonyl (C=O) groups excluding carboxylic acids is 2. The molecule has 0 aliphatic carbocycles. The number of carbonyl (C=O) groups is 2. The van der Waals surface area contributed by atoms with Gasteiger partial charge < -0.3 is 10.6 Å². The molecule has 4 N–H and O–H groups in total. The van der Waals surface area contributed by atoms with Crippen molar-refractivity contribution in [2.45, 2.75) is 12.6 Å². The van der Waals surface area contributed by atoms with Crippen molar-refractivity contribution in [3.05, 3.63) is 12.0 Å². The second-order valence-electron chi connectivity index (χ2n) is 2.45. The van der Waals surface area contributed by atoms with Gasteiger partial charge in [-0.15, -0.1) is 0 Å². The molecular weight excluding hydrogens is 165 g/mol. The Morgan fingerprint density at radius 2 is 2.33 bits per heavy atom. The fraction of sp³-hybridized carbons (Fsp3) is 0.333. The molecule has 0 saturated heterocycles. The van der Waals surface area contributed by atoms with Gasteiger partial charge >= 0.3 is 6.03 Å². The van der Waals surface area contributed by atoms with Gasteiger partial charge in [-0.25, -0.2) is 9.18 Å². The summed E-state index contributed by atoms with van der Waals surface area (Å²) in [5.74, 6) is -1.57. The van der Waals surface area contributed by atoms with Crippen LogP contribution in [-0.2, 0) is 4.79 Å². The van der Waals surface area contributed by atoms with E-state index in [9.17, 15) is 14.0 Å². The van der Waals surface area contributed by atoms with Crippen LogP contribution in [0.3, 0.4) is 0 Å². The molecule has 0 bridgehead atoms. The first kappa shape index (κ1) is 8.66. The van der Waals surface area contributed by atoms with Crippen molar-refractivity contribution in [2.24, 2.45) is 5.73 Å². The molecule has 6 heteroatoms. The molecule has 1 rings (SSSR count). The van der Waals surface area contributed by atoms with Crippen molar-refractivity contribution in [2.75, 3.05) is 0 Å². The molecular formula is C6H8FN3O2. The molecule has 66 valence electrons. The first-order chi connectivity index (χ1) is 5.47. The molecule has 1 aliphatic rings.